The van der Waals surface area contributed by atoms with Gasteiger partial charge in [-0.15, -0.1) is 9.42 Å². The summed E-state index contributed by atoms with van der Waals surface area (Å²) in [6.45, 7) is 0. The number of hydrogen-bond acceptors (Lipinski definition) is 10. The number of aliphatic hydroxyl groups is 2. The fourth-order valence-corrected chi connectivity index (χ4v) is 4.36. The monoisotopic (exact) mass is 483 g/mol. The van der Waals surface area contributed by atoms with Crippen LogP contribution in [0, 0.1) is 0 Å². The van der Waals surface area contributed by atoms with E-state index in [-0.39, 0.29) is 0 Å². The van der Waals surface area contributed by atoms with Gasteiger partial charge in [0.05, 0.1) is 0 Å². The molecule has 0 heterocycles. The van der Waals surface area contributed by atoms with Crippen molar-refractivity contribution in [1.29, 1.82) is 0 Å². The molecule has 0 bridgehead atoms. The fourth-order valence-electron chi connectivity index (χ4n) is 2.22. The Morgan fingerprint density at radius 2 is 0.889 bits per heavy atom. The quantitative estimate of drug-likeness (QED) is 0.157. The lowest BCUT2D eigenvalue weighted by Gasteiger charge is -2.43. The van der Waals surface area contributed by atoms with Crippen LogP contribution in [0.15, 0.2) is 0 Å². The van der Waals surface area contributed by atoms with Gasteiger partial charge in [-0.1, -0.05) is 0 Å². The Hall–Kier alpha value is 0.270. The minimum atomic E-state index is -5.53. The molecule has 21 heteroatoms. The van der Waals surface area contributed by atoms with E-state index in [1.165, 1.54) is 0 Å². The van der Waals surface area contributed by atoms with Crippen LogP contribution in [0.2, 0.25) is 0 Å². The van der Waals surface area contributed by atoms with Crippen molar-refractivity contribution in [2.45, 2.75) is 36.6 Å². The van der Waals surface area contributed by atoms with Crippen molar-refractivity contribution in [2.75, 3.05) is 0 Å². The molecular formula is C6H15O17P4+. The van der Waals surface area contributed by atoms with E-state index >= 15 is 0 Å². The zero-order chi connectivity index (χ0) is 21.4. The van der Waals surface area contributed by atoms with Gasteiger partial charge in [-0.05, 0) is 0 Å². The smallest absolute Gasteiger partial charge is 0.387 e. The number of phosphoric ester groups is 3. The van der Waals surface area contributed by atoms with E-state index in [0.717, 1.165) is 0 Å². The maximum Gasteiger partial charge on any atom is 0.695 e. The van der Waals surface area contributed by atoms with Gasteiger partial charge in [0.1, 0.15) is 30.5 Å². The molecule has 0 aromatic rings. The average molecular weight is 483 g/mol. The molecule has 0 saturated heterocycles. The molecule has 1 rings (SSSR count). The predicted molar refractivity (Wildman–Crippen MR) is 77.5 cm³/mol. The van der Waals surface area contributed by atoms with Crippen molar-refractivity contribution < 1.29 is 80.8 Å². The first-order valence-corrected chi connectivity index (χ1v) is 12.0. The summed E-state index contributed by atoms with van der Waals surface area (Å²) in [6.07, 6.45) is -14.9. The van der Waals surface area contributed by atoms with Crippen molar-refractivity contribution in [3.8, 4) is 0 Å². The SMILES string of the molecule is O=[P+](O)O[C@@H]1[C@@H](O)[C@H](OP(=O)(O)O)[C@@H](OP(=O)(O)O)[C@@H](O)[C@H]1OP(=O)(O)O. The number of hydrogen-bond donors (Lipinski definition) is 9. The first-order valence-electron chi connectivity index (χ1n) is 6.32. The molecule has 1 aliphatic rings. The van der Waals surface area contributed by atoms with Gasteiger partial charge < -0.3 is 39.6 Å². The van der Waals surface area contributed by atoms with Gasteiger partial charge in [0.2, 0.25) is 0 Å². The third-order valence-corrected chi connectivity index (χ3v) is 4.96. The minimum Gasteiger partial charge on any atom is -0.387 e. The second-order valence-corrected chi connectivity index (χ2v) is 9.23. The van der Waals surface area contributed by atoms with E-state index in [1.807, 2.05) is 0 Å². The van der Waals surface area contributed by atoms with Crippen LogP contribution in [0.3, 0.4) is 0 Å². The molecule has 1 unspecified atom stereocenters. The van der Waals surface area contributed by atoms with Gasteiger partial charge in [0.25, 0.3) is 0 Å². The molecule has 17 nitrogen and oxygen atoms in total. The van der Waals surface area contributed by atoms with Crippen LogP contribution in [-0.2, 0) is 36.4 Å². The molecule has 0 aromatic carbocycles. The highest BCUT2D eigenvalue weighted by Crippen LogP contribution is 2.50. The Bertz CT molecular complexity index is 675. The van der Waals surface area contributed by atoms with E-state index < -0.39 is 68.3 Å². The molecule has 160 valence electrons. The van der Waals surface area contributed by atoms with Gasteiger partial charge in [0.15, 0.2) is 6.10 Å². The largest absolute Gasteiger partial charge is 0.695 e. The first-order chi connectivity index (χ1) is 11.9. The van der Waals surface area contributed by atoms with Gasteiger partial charge in [-0.25, -0.2) is 13.7 Å². The summed E-state index contributed by atoms with van der Waals surface area (Å²) in [7, 11) is -20.2. The topological polar surface area (TPSA) is 287 Å². The lowest BCUT2D eigenvalue weighted by Crippen LogP contribution is -2.65. The van der Waals surface area contributed by atoms with Crippen molar-refractivity contribution in [1.82, 2.24) is 0 Å². The summed E-state index contributed by atoms with van der Waals surface area (Å²) in [5, 5.41) is 20.2. The molecule has 0 spiro atoms. The Morgan fingerprint density at radius 3 is 1.15 bits per heavy atom. The van der Waals surface area contributed by atoms with Crippen LogP contribution in [0.4, 0.5) is 0 Å². The third kappa shape index (κ3) is 8.26. The Balaban J connectivity index is 3.41. The summed E-state index contributed by atoms with van der Waals surface area (Å²) in [5.74, 6) is 0. The zero-order valence-electron chi connectivity index (χ0n) is 12.5. The van der Waals surface area contributed by atoms with E-state index in [9.17, 15) is 28.5 Å². The molecular weight excluding hydrogens is 468 g/mol. The molecule has 27 heavy (non-hydrogen) atoms. The second kappa shape index (κ2) is 8.96. The zero-order valence-corrected chi connectivity index (χ0v) is 16.1. The van der Waals surface area contributed by atoms with Crippen LogP contribution in [0.25, 0.3) is 0 Å². The van der Waals surface area contributed by atoms with E-state index in [4.69, 9.17) is 34.3 Å². The maximum atomic E-state index is 11.0. The molecule has 1 fully saturated rings. The van der Waals surface area contributed by atoms with Crippen molar-refractivity contribution in [3.63, 3.8) is 0 Å². The molecule has 1 aliphatic carbocycles. The number of phosphoric acid groups is 3. The Labute approximate surface area is 150 Å². The maximum absolute atomic E-state index is 11.0. The number of aliphatic hydroxyl groups excluding tert-OH is 2. The highest BCUT2D eigenvalue weighted by atomic mass is 31.2. The number of rotatable bonds is 8. The predicted octanol–water partition coefficient (Wildman–Crippen LogP) is -2.81. The van der Waals surface area contributed by atoms with Crippen LogP contribution in [0.1, 0.15) is 0 Å². The molecule has 1 saturated carbocycles. The van der Waals surface area contributed by atoms with Crippen LogP contribution < -0.4 is 0 Å². The second-order valence-electron chi connectivity index (χ2n) is 4.97. The van der Waals surface area contributed by atoms with E-state index in [0.29, 0.717) is 0 Å². The Kier molecular flexibility index (Phi) is 8.40. The van der Waals surface area contributed by atoms with Crippen LogP contribution in [0.5, 0.6) is 0 Å². The van der Waals surface area contributed by atoms with E-state index in [1.54, 1.807) is 0 Å². The standard InChI is InChI=1S/C6H14O17P4/c7-1-3(20-24(9)10)4(21-25(11,12)13)2(8)6(23-27(17,18)19)5(1)22-26(14,15)16/h1-8H,(H6-,9,10,11,12,13,14,15,16,17,18,19)/p+1/t1-,2+,3-,4-,5+,6+/m1/s1. The summed E-state index contributed by atoms with van der Waals surface area (Å²) < 4.78 is 60.5. The summed E-state index contributed by atoms with van der Waals surface area (Å²) in [4.78, 5) is 61.9. The summed E-state index contributed by atoms with van der Waals surface area (Å²) in [5.41, 5.74) is 0. The minimum absolute atomic E-state index is 2.35. The summed E-state index contributed by atoms with van der Waals surface area (Å²) >= 11 is 0. The lowest BCUT2D eigenvalue weighted by atomic mass is 9.85. The molecule has 0 aromatic heterocycles. The van der Waals surface area contributed by atoms with Gasteiger partial charge >= 0.3 is 31.7 Å². The molecule has 9 N–H and O–H groups in total. The molecule has 0 radical (unpaired) electrons. The molecule has 0 aliphatic heterocycles. The van der Waals surface area contributed by atoms with Crippen LogP contribution >= 0.6 is 31.7 Å². The highest BCUT2D eigenvalue weighted by molar-refractivity contribution is 7.46. The normalized spacial score (nSPS) is 33.7. The molecule has 7 atom stereocenters. The van der Waals surface area contributed by atoms with Crippen molar-refractivity contribution in [3.05, 3.63) is 0 Å². The summed E-state index contributed by atoms with van der Waals surface area (Å²) in [6, 6.07) is 0. The van der Waals surface area contributed by atoms with Crippen molar-refractivity contribution >= 4 is 31.7 Å². The Morgan fingerprint density at radius 1 is 0.630 bits per heavy atom. The first kappa shape index (κ1) is 25.3. The average Bonchev–Trinajstić information content (AvgIpc) is 2.40. The van der Waals surface area contributed by atoms with Gasteiger partial charge in [0, 0.05) is 4.57 Å². The lowest BCUT2D eigenvalue weighted by molar-refractivity contribution is -0.206. The van der Waals surface area contributed by atoms with Crippen molar-refractivity contribution in [2.24, 2.45) is 0 Å². The molecule has 0 amide bonds. The highest BCUT2D eigenvalue weighted by Gasteiger charge is 2.59. The van der Waals surface area contributed by atoms with E-state index in [2.05, 4.69) is 18.1 Å². The van der Waals surface area contributed by atoms with Crippen LogP contribution in [-0.4, -0.2) is 81.1 Å². The van der Waals surface area contributed by atoms with Gasteiger partial charge in [-0.2, -0.15) is 0 Å². The third-order valence-electron chi connectivity index (χ3n) is 2.98. The van der Waals surface area contributed by atoms with Gasteiger partial charge in [-0.3, -0.25) is 13.6 Å². The fraction of sp³-hybridized carbons (Fsp3) is 1.00.